The zero-order valence-corrected chi connectivity index (χ0v) is 10.0. The van der Waals surface area contributed by atoms with E-state index in [4.69, 9.17) is 0 Å². The Bertz CT molecular complexity index is 329. The van der Waals surface area contributed by atoms with Gasteiger partial charge < -0.3 is 0 Å². The smallest absolute Gasteiger partial charge is 0.206 e. The first kappa shape index (κ1) is 11.6. The first-order valence-corrected chi connectivity index (χ1v) is 5.33. The highest BCUT2D eigenvalue weighted by Gasteiger charge is 2.33. The molecule has 1 atom stereocenters. The van der Waals surface area contributed by atoms with Crippen LogP contribution in [0.2, 0.25) is 0 Å². The van der Waals surface area contributed by atoms with Gasteiger partial charge in [0, 0.05) is 6.92 Å². The lowest BCUT2D eigenvalue weighted by atomic mass is 10.0. The molecule has 0 fully saturated rings. The Morgan fingerprint density at radius 3 is 2.29 bits per heavy atom. The van der Waals surface area contributed by atoms with E-state index in [9.17, 15) is 8.78 Å². The molecule has 0 nitrogen and oxygen atoms in total. The van der Waals surface area contributed by atoms with Gasteiger partial charge in [-0.25, -0.2) is 8.78 Å². The van der Waals surface area contributed by atoms with E-state index in [0.29, 0.717) is 5.56 Å². The lowest BCUT2D eigenvalue weighted by molar-refractivity contribution is 0.0211. The predicted octanol–water partition coefficient (Wildman–Crippen LogP) is 4.39. The maximum Gasteiger partial charge on any atom is 0.261 e. The van der Waals surface area contributed by atoms with Crippen LogP contribution < -0.4 is 0 Å². The summed E-state index contributed by atoms with van der Waals surface area (Å²) in [5, 5.41) is 0. The predicted molar refractivity (Wildman–Crippen MR) is 58.2 cm³/mol. The van der Waals surface area contributed by atoms with Crippen LogP contribution in [-0.4, -0.2) is 5.92 Å². The molecule has 78 valence electrons. The molecule has 0 amide bonds. The second-order valence-electron chi connectivity index (χ2n) is 3.68. The molecule has 0 heterocycles. The van der Waals surface area contributed by atoms with Crippen LogP contribution in [0.4, 0.5) is 8.78 Å². The fraction of sp³-hybridized carbons (Fsp3) is 0.455. The van der Waals surface area contributed by atoms with Crippen LogP contribution in [0.3, 0.4) is 0 Å². The van der Waals surface area contributed by atoms with Crippen LogP contribution in [-0.2, 0) is 0 Å². The monoisotopic (exact) mass is 262 g/mol. The normalized spacial score (nSPS) is 14.1. The quantitative estimate of drug-likeness (QED) is 0.694. The van der Waals surface area contributed by atoms with Crippen LogP contribution in [0.5, 0.6) is 0 Å². The van der Waals surface area contributed by atoms with Gasteiger partial charge in [0.1, 0.15) is 4.83 Å². The van der Waals surface area contributed by atoms with Crippen molar-refractivity contribution >= 4 is 15.9 Å². The number of benzene rings is 1. The zero-order chi connectivity index (χ0) is 10.9. The molecule has 0 aromatic heterocycles. The van der Waals surface area contributed by atoms with Gasteiger partial charge in [-0.15, -0.1) is 0 Å². The van der Waals surface area contributed by atoms with E-state index < -0.39 is 10.7 Å². The molecule has 14 heavy (non-hydrogen) atoms. The number of rotatable bonds is 2. The number of aryl methyl sites for hydroxylation is 2. The third kappa shape index (κ3) is 2.53. The second kappa shape index (κ2) is 3.97. The fourth-order valence-corrected chi connectivity index (χ4v) is 1.90. The van der Waals surface area contributed by atoms with E-state index in [1.165, 1.54) is 0 Å². The van der Waals surface area contributed by atoms with E-state index in [1.807, 2.05) is 26.0 Å². The third-order valence-electron chi connectivity index (χ3n) is 2.14. The Morgan fingerprint density at radius 1 is 1.29 bits per heavy atom. The molecule has 0 saturated heterocycles. The molecule has 0 spiro atoms. The van der Waals surface area contributed by atoms with E-state index in [1.54, 1.807) is 6.07 Å². The topological polar surface area (TPSA) is 0 Å². The Morgan fingerprint density at radius 2 is 1.86 bits per heavy atom. The maximum absolute atomic E-state index is 13.0. The minimum Gasteiger partial charge on any atom is -0.206 e. The van der Waals surface area contributed by atoms with Crippen molar-refractivity contribution in [3.05, 3.63) is 34.9 Å². The molecular weight excluding hydrogens is 250 g/mol. The van der Waals surface area contributed by atoms with Gasteiger partial charge in [-0.3, -0.25) is 0 Å². The molecule has 1 aromatic rings. The molecule has 0 radical (unpaired) electrons. The van der Waals surface area contributed by atoms with Gasteiger partial charge in [0.05, 0.1) is 0 Å². The molecule has 0 aliphatic rings. The van der Waals surface area contributed by atoms with E-state index in [0.717, 1.165) is 18.1 Å². The molecule has 0 saturated carbocycles. The van der Waals surface area contributed by atoms with Crippen molar-refractivity contribution in [3.63, 3.8) is 0 Å². The van der Waals surface area contributed by atoms with Gasteiger partial charge in [-0.1, -0.05) is 39.7 Å². The van der Waals surface area contributed by atoms with Gasteiger partial charge >= 0.3 is 0 Å². The summed E-state index contributed by atoms with van der Waals surface area (Å²) in [6.45, 7) is 4.72. The van der Waals surface area contributed by atoms with E-state index in [2.05, 4.69) is 15.9 Å². The van der Waals surface area contributed by atoms with Crippen molar-refractivity contribution < 1.29 is 8.78 Å². The molecule has 0 aliphatic carbocycles. The van der Waals surface area contributed by atoms with Crippen molar-refractivity contribution in [2.75, 3.05) is 0 Å². The van der Waals surface area contributed by atoms with Gasteiger partial charge in [0.15, 0.2) is 0 Å². The average Bonchev–Trinajstić information content (AvgIpc) is 2.01. The first-order chi connectivity index (χ1) is 6.32. The maximum atomic E-state index is 13.0. The Labute approximate surface area is 91.5 Å². The fourth-order valence-electron chi connectivity index (χ4n) is 1.38. The third-order valence-corrected chi connectivity index (χ3v) is 3.44. The van der Waals surface area contributed by atoms with Crippen LogP contribution in [0.1, 0.15) is 28.4 Å². The SMILES string of the molecule is Cc1ccc(C(Br)C(C)(F)F)c(C)c1. The lowest BCUT2D eigenvalue weighted by Crippen LogP contribution is -2.17. The molecule has 1 unspecified atom stereocenters. The van der Waals surface area contributed by atoms with Crippen LogP contribution in [0.15, 0.2) is 18.2 Å². The summed E-state index contributed by atoms with van der Waals surface area (Å²) in [5.41, 5.74) is 2.64. The highest BCUT2D eigenvalue weighted by atomic mass is 79.9. The summed E-state index contributed by atoms with van der Waals surface area (Å²) < 4.78 is 26.1. The number of alkyl halides is 3. The standard InChI is InChI=1S/C11H13BrF2/c1-7-4-5-9(8(2)6-7)10(12)11(3,13)14/h4-6,10H,1-3H3. The van der Waals surface area contributed by atoms with Crippen LogP contribution in [0, 0.1) is 13.8 Å². The van der Waals surface area contributed by atoms with Crippen molar-refractivity contribution in [1.29, 1.82) is 0 Å². The van der Waals surface area contributed by atoms with Crippen molar-refractivity contribution in [1.82, 2.24) is 0 Å². The largest absolute Gasteiger partial charge is 0.261 e. The van der Waals surface area contributed by atoms with Crippen LogP contribution in [0.25, 0.3) is 0 Å². The summed E-state index contributed by atoms with van der Waals surface area (Å²) in [4.78, 5) is -0.907. The Hall–Kier alpha value is -0.440. The van der Waals surface area contributed by atoms with Gasteiger partial charge in [-0.05, 0) is 25.0 Å². The molecule has 0 bridgehead atoms. The Kier molecular flexibility index (Phi) is 3.30. The summed E-state index contributed by atoms with van der Waals surface area (Å²) in [7, 11) is 0. The van der Waals surface area contributed by atoms with Crippen molar-refractivity contribution in [2.24, 2.45) is 0 Å². The molecule has 0 N–H and O–H groups in total. The van der Waals surface area contributed by atoms with E-state index in [-0.39, 0.29) is 0 Å². The minimum absolute atomic E-state index is 0.656. The Balaban J connectivity index is 3.08. The van der Waals surface area contributed by atoms with Crippen molar-refractivity contribution in [2.45, 2.75) is 31.5 Å². The number of halogens is 3. The highest BCUT2D eigenvalue weighted by Crippen LogP contribution is 2.39. The summed E-state index contributed by atoms with van der Waals surface area (Å²) >= 11 is 3.03. The van der Waals surface area contributed by atoms with Crippen LogP contribution >= 0.6 is 15.9 Å². The highest BCUT2D eigenvalue weighted by molar-refractivity contribution is 9.09. The number of hydrogen-bond acceptors (Lipinski definition) is 0. The van der Waals surface area contributed by atoms with E-state index >= 15 is 0 Å². The zero-order valence-electron chi connectivity index (χ0n) is 8.44. The van der Waals surface area contributed by atoms with Gasteiger partial charge in [0.2, 0.25) is 0 Å². The summed E-state index contributed by atoms with van der Waals surface area (Å²) in [5.74, 6) is -2.74. The molecule has 0 aliphatic heterocycles. The first-order valence-electron chi connectivity index (χ1n) is 4.41. The molecule has 1 rings (SSSR count). The molecule has 3 heteroatoms. The second-order valence-corrected chi connectivity index (χ2v) is 4.59. The number of hydrogen-bond donors (Lipinski definition) is 0. The van der Waals surface area contributed by atoms with Gasteiger partial charge in [0.25, 0.3) is 5.92 Å². The summed E-state index contributed by atoms with van der Waals surface area (Å²) in [6, 6.07) is 5.51. The molecule has 1 aromatic carbocycles. The lowest BCUT2D eigenvalue weighted by Gasteiger charge is -2.20. The minimum atomic E-state index is -2.74. The average molecular weight is 263 g/mol. The summed E-state index contributed by atoms with van der Waals surface area (Å²) in [6.07, 6.45) is 0. The van der Waals surface area contributed by atoms with Crippen molar-refractivity contribution in [3.8, 4) is 0 Å². The molecular formula is C11H13BrF2. The van der Waals surface area contributed by atoms with Gasteiger partial charge in [-0.2, -0.15) is 0 Å².